The number of ether oxygens (including phenoxy) is 2. The summed E-state index contributed by atoms with van der Waals surface area (Å²) in [5.74, 6) is -0.394. The lowest BCUT2D eigenvalue weighted by Crippen LogP contribution is -2.33. The van der Waals surface area contributed by atoms with Gasteiger partial charge in [-0.3, -0.25) is 9.59 Å². The summed E-state index contributed by atoms with van der Waals surface area (Å²) in [4.78, 5) is 28.3. The van der Waals surface area contributed by atoms with E-state index in [9.17, 15) is 14.0 Å². The van der Waals surface area contributed by atoms with Crippen LogP contribution < -0.4 is 19.7 Å². The van der Waals surface area contributed by atoms with Crippen molar-refractivity contribution in [2.24, 2.45) is 0 Å². The van der Waals surface area contributed by atoms with Crippen LogP contribution in [-0.4, -0.2) is 26.0 Å². The van der Waals surface area contributed by atoms with Crippen LogP contribution >= 0.6 is 0 Å². The molecule has 1 aliphatic heterocycles. The van der Waals surface area contributed by atoms with Crippen LogP contribution in [0.5, 0.6) is 11.5 Å². The van der Waals surface area contributed by atoms with Gasteiger partial charge in [0, 0.05) is 23.9 Å². The molecule has 6 nitrogen and oxygen atoms in total. The lowest BCUT2D eigenvalue weighted by molar-refractivity contribution is -0.120. The van der Waals surface area contributed by atoms with E-state index in [0.717, 1.165) is 16.0 Å². The van der Waals surface area contributed by atoms with Crippen molar-refractivity contribution in [3.05, 3.63) is 88.9 Å². The molecule has 2 amide bonds. The maximum atomic E-state index is 13.6. The van der Waals surface area contributed by atoms with Crippen molar-refractivity contribution in [2.45, 2.75) is 13.8 Å². The van der Waals surface area contributed by atoms with Crippen LogP contribution in [0.4, 0.5) is 15.8 Å². The Morgan fingerprint density at radius 3 is 2.06 bits per heavy atom. The van der Waals surface area contributed by atoms with E-state index in [1.165, 1.54) is 38.5 Å². The summed E-state index contributed by atoms with van der Waals surface area (Å²) in [5, 5.41) is 3.08. The van der Waals surface area contributed by atoms with Crippen molar-refractivity contribution >= 4 is 28.8 Å². The molecule has 1 heterocycles. The highest BCUT2D eigenvalue weighted by atomic mass is 19.1. The van der Waals surface area contributed by atoms with Gasteiger partial charge in [0.05, 0.1) is 25.5 Å². The third-order valence-corrected chi connectivity index (χ3v) is 5.44. The number of hydrogen-bond acceptors (Lipinski definition) is 5. The summed E-state index contributed by atoms with van der Waals surface area (Å²) < 4.78 is 24.2. The summed E-state index contributed by atoms with van der Waals surface area (Å²) in [6.07, 6.45) is 0. The molecule has 0 saturated heterocycles. The topological polar surface area (TPSA) is 67.9 Å². The Hall–Kier alpha value is -4.13. The second-order valence-electron chi connectivity index (χ2n) is 7.72. The fourth-order valence-corrected chi connectivity index (χ4v) is 3.73. The minimum absolute atomic E-state index is 0.0859. The van der Waals surface area contributed by atoms with Crippen LogP contribution in [0, 0.1) is 19.7 Å². The Labute approximate surface area is 191 Å². The zero-order valence-electron chi connectivity index (χ0n) is 18.7. The Morgan fingerprint density at radius 2 is 1.45 bits per heavy atom. The van der Waals surface area contributed by atoms with Crippen LogP contribution in [0.15, 0.2) is 66.4 Å². The number of carbonyl (C=O) groups is 2. The van der Waals surface area contributed by atoms with Crippen molar-refractivity contribution in [3.63, 3.8) is 0 Å². The first-order chi connectivity index (χ1) is 15.8. The van der Waals surface area contributed by atoms with Crippen LogP contribution in [-0.2, 0) is 9.59 Å². The van der Waals surface area contributed by atoms with E-state index >= 15 is 0 Å². The summed E-state index contributed by atoms with van der Waals surface area (Å²) >= 11 is 0. The monoisotopic (exact) mass is 446 g/mol. The number of benzene rings is 3. The van der Waals surface area contributed by atoms with Gasteiger partial charge in [-0.1, -0.05) is 24.3 Å². The number of rotatable bonds is 6. The van der Waals surface area contributed by atoms with Gasteiger partial charge in [-0.2, -0.15) is 0 Å². The highest BCUT2D eigenvalue weighted by Crippen LogP contribution is 2.36. The molecule has 1 aliphatic rings. The molecule has 3 aromatic carbocycles. The first kappa shape index (κ1) is 22.1. The first-order valence-electron chi connectivity index (χ1n) is 10.3. The van der Waals surface area contributed by atoms with E-state index in [1.54, 1.807) is 24.3 Å². The summed E-state index contributed by atoms with van der Waals surface area (Å²) in [5.41, 5.74) is 3.38. The number of hydrogen-bond donors (Lipinski definition) is 1. The molecular formula is C26H23FN2O4. The average molecular weight is 446 g/mol. The highest BCUT2D eigenvalue weighted by molar-refractivity contribution is 6.46. The maximum Gasteiger partial charge on any atom is 0.282 e. The van der Waals surface area contributed by atoms with Gasteiger partial charge >= 0.3 is 0 Å². The molecule has 0 saturated carbocycles. The third kappa shape index (κ3) is 4.17. The molecule has 0 fully saturated rings. The van der Waals surface area contributed by atoms with E-state index in [-0.39, 0.29) is 11.3 Å². The standard InChI is InChI=1S/C26H23FN2O4/c1-15-5-6-16(2)22(11-15)29-25(30)23(17-7-9-18(27)10-8-17)24(26(29)31)28-19-12-20(32-3)14-21(13-19)33-4/h5-14,28H,1-4H3. The summed E-state index contributed by atoms with van der Waals surface area (Å²) in [6.45, 7) is 3.73. The van der Waals surface area contributed by atoms with Gasteiger partial charge in [0.1, 0.15) is 23.0 Å². The molecule has 0 spiro atoms. The van der Waals surface area contributed by atoms with Gasteiger partial charge in [-0.25, -0.2) is 9.29 Å². The quantitative estimate of drug-likeness (QED) is 0.548. The maximum absolute atomic E-state index is 13.6. The molecule has 7 heteroatoms. The second-order valence-corrected chi connectivity index (χ2v) is 7.72. The van der Waals surface area contributed by atoms with Crippen molar-refractivity contribution in [1.82, 2.24) is 0 Å². The molecule has 1 N–H and O–H groups in total. The Bertz CT molecular complexity index is 1260. The number of nitrogens with one attached hydrogen (secondary N) is 1. The molecule has 0 radical (unpaired) electrons. The predicted molar refractivity (Wildman–Crippen MR) is 125 cm³/mol. The van der Waals surface area contributed by atoms with Crippen LogP contribution in [0.1, 0.15) is 16.7 Å². The van der Waals surface area contributed by atoms with E-state index < -0.39 is 17.6 Å². The van der Waals surface area contributed by atoms with Gasteiger partial charge in [-0.05, 0) is 48.7 Å². The number of methoxy groups -OCH3 is 2. The zero-order chi connectivity index (χ0) is 23.7. The number of nitrogens with zero attached hydrogens (tertiary/aromatic N) is 1. The van der Waals surface area contributed by atoms with Crippen molar-refractivity contribution in [2.75, 3.05) is 24.4 Å². The predicted octanol–water partition coefficient (Wildman–Crippen LogP) is 4.86. The molecule has 4 rings (SSSR count). The van der Waals surface area contributed by atoms with Gasteiger partial charge < -0.3 is 14.8 Å². The highest BCUT2D eigenvalue weighted by Gasteiger charge is 2.41. The van der Waals surface area contributed by atoms with Crippen LogP contribution in [0.2, 0.25) is 0 Å². The Balaban J connectivity index is 1.86. The minimum Gasteiger partial charge on any atom is -0.497 e. The number of anilines is 2. The molecule has 0 atom stereocenters. The van der Waals surface area contributed by atoms with Crippen molar-refractivity contribution in [3.8, 4) is 11.5 Å². The molecule has 168 valence electrons. The van der Waals surface area contributed by atoms with Crippen molar-refractivity contribution in [1.29, 1.82) is 0 Å². The van der Waals surface area contributed by atoms with Gasteiger partial charge in [0.25, 0.3) is 11.8 Å². The lowest BCUT2D eigenvalue weighted by atomic mass is 10.0. The smallest absolute Gasteiger partial charge is 0.282 e. The van der Waals surface area contributed by atoms with Gasteiger partial charge in [-0.15, -0.1) is 0 Å². The fourth-order valence-electron chi connectivity index (χ4n) is 3.73. The van der Waals surface area contributed by atoms with Crippen LogP contribution in [0.25, 0.3) is 5.57 Å². The minimum atomic E-state index is -0.505. The number of carbonyl (C=O) groups excluding carboxylic acids is 2. The molecule has 0 aliphatic carbocycles. The molecule has 0 unspecified atom stereocenters. The van der Waals surface area contributed by atoms with E-state index in [4.69, 9.17) is 9.47 Å². The second kappa shape index (κ2) is 8.78. The number of aryl methyl sites for hydroxylation is 2. The third-order valence-electron chi connectivity index (χ3n) is 5.44. The molecule has 0 aromatic heterocycles. The Morgan fingerprint density at radius 1 is 0.818 bits per heavy atom. The van der Waals surface area contributed by atoms with E-state index in [0.29, 0.717) is 28.4 Å². The van der Waals surface area contributed by atoms with Crippen molar-refractivity contribution < 1.29 is 23.5 Å². The molecular weight excluding hydrogens is 423 g/mol. The zero-order valence-corrected chi connectivity index (χ0v) is 18.7. The van der Waals surface area contributed by atoms with Crippen LogP contribution in [0.3, 0.4) is 0 Å². The van der Waals surface area contributed by atoms with E-state index in [1.807, 2.05) is 26.0 Å². The van der Waals surface area contributed by atoms with Gasteiger partial charge in [0.2, 0.25) is 0 Å². The number of amides is 2. The number of halogens is 1. The molecule has 3 aromatic rings. The van der Waals surface area contributed by atoms with E-state index in [2.05, 4.69) is 5.32 Å². The van der Waals surface area contributed by atoms with Gasteiger partial charge in [0.15, 0.2) is 0 Å². The summed E-state index contributed by atoms with van der Waals surface area (Å²) in [7, 11) is 3.04. The number of imide groups is 1. The first-order valence-corrected chi connectivity index (χ1v) is 10.3. The lowest BCUT2D eigenvalue weighted by Gasteiger charge is -2.18. The largest absolute Gasteiger partial charge is 0.497 e. The Kier molecular flexibility index (Phi) is 5.87. The molecule has 0 bridgehead atoms. The fraction of sp³-hybridized carbons (Fsp3) is 0.154. The normalized spacial score (nSPS) is 13.5. The molecule has 33 heavy (non-hydrogen) atoms. The SMILES string of the molecule is COc1cc(NC2=C(c3ccc(F)cc3)C(=O)N(c3cc(C)ccc3C)C2=O)cc(OC)c1. The summed E-state index contributed by atoms with van der Waals surface area (Å²) in [6, 6.07) is 16.1. The average Bonchev–Trinajstić information content (AvgIpc) is 3.05.